The van der Waals surface area contributed by atoms with Crippen molar-refractivity contribution in [2.45, 2.75) is 6.42 Å². The Labute approximate surface area is 93.0 Å². The van der Waals surface area contributed by atoms with E-state index in [1.54, 1.807) is 18.5 Å². The van der Waals surface area contributed by atoms with Gasteiger partial charge >= 0.3 is 0 Å². The van der Waals surface area contributed by atoms with Gasteiger partial charge in [-0.1, -0.05) is 12.1 Å². The Morgan fingerprint density at radius 1 is 1.12 bits per heavy atom. The van der Waals surface area contributed by atoms with E-state index in [1.165, 1.54) is 6.07 Å². The molecule has 0 aliphatic heterocycles. The van der Waals surface area contributed by atoms with Gasteiger partial charge in [0.05, 0.1) is 12.5 Å². The van der Waals surface area contributed by atoms with Crippen LogP contribution in [0.2, 0.25) is 0 Å². The fourth-order valence-corrected chi connectivity index (χ4v) is 1.50. The van der Waals surface area contributed by atoms with Crippen molar-refractivity contribution < 1.29 is 4.39 Å². The molecule has 2 nitrogen and oxygen atoms in total. The summed E-state index contributed by atoms with van der Waals surface area (Å²) in [5, 5.41) is 8.51. The SMILES string of the molecule is N#CCc1ccc(-c2ccncc2)cc1F. The van der Waals surface area contributed by atoms with Crippen molar-refractivity contribution in [3.8, 4) is 17.2 Å². The molecular weight excluding hydrogens is 203 g/mol. The molecule has 78 valence electrons. The van der Waals surface area contributed by atoms with Crippen molar-refractivity contribution in [2.75, 3.05) is 0 Å². The van der Waals surface area contributed by atoms with Crippen molar-refractivity contribution in [3.63, 3.8) is 0 Å². The van der Waals surface area contributed by atoms with Crippen LogP contribution in [-0.4, -0.2) is 4.98 Å². The van der Waals surface area contributed by atoms with Crippen LogP contribution >= 0.6 is 0 Å². The lowest BCUT2D eigenvalue weighted by Gasteiger charge is -2.03. The monoisotopic (exact) mass is 212 g/mol. The molecule has 2 rings (SSSR count). The zero-order chi connectivity index (χ0) is 11.4. The summed E-state index contributed by atoms with van der Waals surface area (Å²) in [5.74, 6) is -0.337. The quantitative estimate of drug-likeness (QED) is 0.767. The number of pyridine rings is 1. The molecular formula is C13H9FN2. The fraction of sp³-hybridized carbons (Fsp3) is 0.0769. The lowest BCUT2D eigenvalue weighted by atomic mass is 10.0. The van der Waals surface area contributed by atoms with Gasteiger partial charge in [0.1, 0.15) is 5.82 Å². The molecule has 0 saturated carbocycles. The van der Waals surface area contributed by atoms with E-state index in [0.29, 0.717) is 5.56 Å². The van der Waals surface area contributed by atoms with Crippen molar-refractivity contribution in [1.29, 1.82) is 5.26 Å². The normalized spacial score (nSPS) is 9.75. The third-order valence-electron chi connectivity index (χ3n) is 2.34. The van der Waals surface area contributed by atoms with Gasteiger partial charge in [0, 0.05) is 18.0 Å². The number of aromatic nitrogens is 1. The molecule has 0 bridgehead atoms. The van der Waals surface area contributed by atoms with Crippen LogP contribution < -0.4 is 0 Å². The molecule has 1 heterocycles. The summed E-state index contributed by atoms with van der Waals surface area (Å²) in [6, 6.07) is 10.5. The molecule has 1 aromatic heterocycles. The van der Waals surface area contributed by atoms with E-state index in [1.807, 2.05) is 24.3 Å². The van der Waals surface area contributed by atoms with Crippen molar-refractivity contribution in [3.05, 3.63) is 54.1 Å². The second kappa shape index (κ2) is 4.54. The molecule has 0 saturated heterocycles. The van der Waals surface area contributed by atoms with Gasteiger partial charge in [0.25, 0.3) is 0 Å². The summed E-state index contributed by atoms with van der Waals surface area (Å²) < 4.78 is 13.6. The maximum Gasteiger partial charge on any atom is 0.128 e. The smallest absolute Gasteiger partial charge is 0.128 e. The predicted octanol–water partition coefficient (Wildman–Crippen LogP) is 2.95. The third-order valence-corrected chi connectivity index (χ3v) is 2.34. The van der Waals surface area contributed by atoms with Gasteiger partial charge in [0.15, 0.2) is 0 Å². The van der Waals surface area contributed by atoms with Gasteiger partial charge in [-0.25, -0.2) is 4.39 Å². The van der Waals surface area contributed by atoms with E-state index in [0.717, 1.165) is 11.1 Å². The number of nitriles is 1. The summed E-state index contributed by atoms with van der Waals surface area (Å²) >= 11 is 0. The maximum absolute atomic E-state index is 13.6. The van der Waals surface area contributed by atoms with E-state index in [-0.39, 0.29) is 12.2 Å². The van der Waals surface area contributed by atoms with Gasteiger partial charge in [-0.3, -0.25) is 4.98 Å². The first-order valence-corrected chi connectivity index (χ1v) is 4.87. The van der Waals surface area contributed by atoms with E-state index in [4.69, 9.17) is 5.26 Å². The van der Waals surface area contributed by atoms with E-state index in [2.05, 4.69) is 4.98 Å². The van der Waals surface area contributed by atoms with E-state index in [9.17, 15) is 4.39 Å². The highest BCUT2D eigenvalue weighted by Gasteiger charge is 2.04. The average Bonchev–Trinajstić information content (AvgIpc) is 2.33. The topological polar surface area (TPSA) is 36.7 Å². The Morgan fingerprint density at radius 2 is 1.88 bits per heavy atom. The minimum absolute atomic E-state index is 0.0997. The second-order valence-electron chi connectivity index (χ2n) is 3.38. The number of nitrogens with zero attached hydrogens (tertiary/aromatic N) is 2. The summed E-state index contributed by atoms with van der Waals surface area (Å²) in [4.78, 5) is 3.90. The number of rotatable bonds is 2. The standard InChI is InChI=1S/C13H9FN2/c14-13-9-12(2-1-11(13)3-6-15)10-4-7-16-8-5-10/h1-2,4-5,7-9H,3H2. The molecule has 0 fully saturated rings. The van der Waals surface area contributed by atoms with Crippen LogP contribution in [0.15, 0.2) is 42.7 Å². The van der Waals surface area contributed by atoms with E-state index < -0.39 is 0 Å². The lowest BCUT2D eigenvalue weighted by molar-refractivity contribution is 0.616. The Morgan fingerprint density at radius 3 is 2.50 bits per heavy atom. The zero-order valence-corrected chi connectivity index (χ0v) is 8.52. The van der Waals surface area contributed by atoms with Crippen LogP contribution in [0.1, 0.15) is 5.56 Å². The lowest BCUT2D eigenvalue weighted by Crippen LogP contribution is -1.89. The van der Waals surface area contributed by atoms with Crippen LogP contribution in [-0.2, 0) is 6.42 Å². The Hall–Kier alpha value is -2.21. The second-order valence-corrected chi connectivity index (χ2v) is 3.38. The maximum atomic E-state index is 13.6. The summed E-state index contributed by atoms with van der Waals surface area (Å²) in [5.41, 5.74) is 2.14. The molecule has 0 N–H and O–H groups in total. The molecule has 0 aliphatic carbocycles. The number of hydrogen-bond acceptors (Lipinski definition) is 2. The Balaban J connectivity index is 2.39. The molecule has 0 spiro atoms. The predicted molar refractivity (Wildman–Crippen MR) is 58.9 cm³/mol. The highest BCUT2D eigenvalue weighted by molar-refractivity contribution is 5.63. The number of halogens is 1. The molecule has 0 radical (unpaired) electrons. The van der Waals surface area contributed by atoms with Gasteiger partial charge < -0.3 is 0 Å². The summed E-state index contributed by atoms with van der Waals surface area (Å²) in [6.07, 6.45) is 3.43. The first-order chi connectivity index (χ1) is 7.81. The number of benzene rings is 1. The van der Waals surface area contributed by atoms with Gasteiger partial charge in [0.2, 0.25) is 0 Å². The fourth-order valence-electron chi connectivity index (χ4n) is 1.50. The molecule has 2 aromatic rings. The van der Waals surface area contributed by atoms with Crippen LogP contribution in [0.25, 0.3) is 11.1 Å². The largest absolute Gasteiger partial charge is 0.265 e. The first-order valence-electron chi connectivity index (χ1n) is 4.87. The molecule has 0 aliphatic rings. The van der Waals surface area contributed by atoms with Gasteiger partial charge in [-0.05, 0) is 29.3 Å². The molecule has 3 heteroatoms. The molecule has 16 heavy (non-hydrogen) atoms. The van der Waals surface area contributed by atoms with Gasteiger partial charge in [-0.2, -0.15) is 5.26 Å². The van der Waals surface area contributed by atoms with Crippen molar-refractivity contribution in [2.24, 2.45) is 0 Å². The Bertz CT molecular complexity index is 529. The van der Waals surface area contributed by atoms with E-state index >= 15 is 0 Å². The van der Waals surface area contributed by atoms with Crippen LogP contribution in [0.3, 0.4) is 0 Å². The number of hydrogen-bond donors (Lipinski definition) is 0. The van der Waals surface area contributed by atoms with Crippen LogP contribution in [0, 0.1) is 17.1 Å². The minimum atomic E-state index is -0.337. The van der Waals surface area contributed by atoms with Crippen LogP contribution in [0.4, 0.5) is 4.39 Å². The van der Waals surface area contributed by atoms with Crippen molar-refractivity contribution >= 4 is 0 Å². The minimum Gasteiger partial charge on any atom is -0.265 e. The van der Waals surface area contributed by atoms with Crippen molar-refractivity contribution in [1.82, 2.24) is 4.98 Å². The highest BCUT2D eigenvalue weighted by Crippen LogP contribution is 2.21. The molecule has 0 unspecified atom stereocenters. The summed E-state index contributed by atoms with van der Waals surface area (Å²) in [7, 11) is 0. The molecule has 1 aromatic carbocycles. The molecule has 0 atom stereocenters. The third kappa shape index (κ3) is 2.06. The highest BCUT2D eigenvalue weighted by atomic mass is 19.1. The zero-order valence-electron chi connectivity index (χ0n) is 8.52. The molecule has 0 amide bonds. The summed E-state index contributed by atoms with van der Waals surface area (Å²) in [6.45, 7) is 0. The van der Waals surface area contributed by atoms with Gasteiger partial charge in [-0.15, -0.1) is 0 Å². The Kier molecular flexibility index (Phi) is 2.93. The first kappa shape index (κ1) is 10.3. The van der Waals surface area contributed by atoms with Crippen LogP contribution in [0.5, 0.6) is 0 Å². The average molecular weight is 212 g/mol.